The minimum atomic E-state index is -4.61. The number of amides is 1. The third-order valence-corrected chi connectivity index (χ3v) is 2.57. The van der Waals surface area contributed by atoms with Crippen LogP contribution in [0.2, 0.25) is 0 Å². The van der Waals surface area contributed by atoms with Gasteiger partial charge in [0.25, 0.3) is 11.6 Å². The fraction of sp³-hybridized carbons (Fsp3) is 0.385. The third kappa shape index (κ3) is 7.48. The first-order valence-electron chi connectivity index (χ1n) is 6.66. The maximum atomic E-state index is 12.1. The molecule has 0 radical (unpaired) electrons. The highest BCUT2D eigenvalue weighted by atomic mass is 19.4. The first-order chi connectivity index (χ1) is 11.6. The molecule has 0 unspecified atom stereocenters. The van der Waals surface area contributed by atoms with Crippen molar-refractivity contribution < 1.29 is 42.3 Å². The van der Waals surface area contributed by atoms with E-state index in [1.54, 1.807) is 0 Å². The van der Waals surface area contributed by atoms with E-state index in [2.05, 4.69) is 14.8 Å². The van der Waals surface area contributed by atoms with Gasteiger partial charge in [0.15, 0.2) is 6.61 Å². The molecule has 138 valence electrons. The minimum absolute atomic E-state index is 0.156. The molecule has 0 fully saturated rings. The predicted molar refractivity (Wildman–Crippen MR) is 75.4 cm³/mol. The van der Waals surface area contributed by atoms with Crippen molar-refractivity contribution in [3.05, 3.63) is 33.9 Å². The van der Waals surface area contributed by atoms with E-state index >= 15 is 0 Å². The van der Waals surface area contributed by atoms with Crippen LogP contribution in [0.5, 0.6) is 5.75 Å². The second-order valence-corrected chi connectivity index (χ2v) is 4.54. The molecule has 1 amide bonds. The number of halogens is 3. The number of alkyl halides is 3. The van der Waals surface area contributed by atoms with Crippen molar-refractivity contribution in [1.82, 2.24) is 5.32 Å². The van der Waals surface area contributed by atoms with Gasteiger partial charge < -0.3 is 19.9 Å². The molecule has 0 aromatic heterocycles. The van der Waals surface area contributed by atoms with E-state index in [1.807, 2.05) is 0 Å². The Balaban J connectivity index is 2.77. The van der Waals surface area contributed by atoms with Gasteiger partial charge in [-0.3, -0.25) is 14.9 Å². The van der Waals surface area contributed by atoms with Gasteiger partial charge in [0.05, 0.1) is 11.5 Å². The van der Waals surface area contributed by atoms with Crippen LogP contribution in [-0.4, -0.2) is 54.4 Å². The largest absolute Gasteiger partial charge is 0.484 e. The lowest BCUT2D eigenvalue weighted by molar-refractivity contribution is -0.385. The van der Waals surface area contributed by atoms with Gasteiger partial charge in [-0.1, -0.05) is 0 Å². The SMILES string of the molecule is O=C(O)COCCNC(=O)c1cc(OCC(F)(F)F)ccc1[N+](=O)[O-]. The number of hydrogen-bond donors (Lipinski definition) is 2. The van der Waals surface area contributed by atoms with E-state index < -0.39 is 47.4 Å². The van der Waals surface area contributed by atoms with Crippen molar-refractivity contribution >= 4 is 17.6 Å². The number of carbonyl (C=O) groups is 2. The summed E-state index contributed by atoms with van der Waals surface area (Å²) in [5, 5.41) is 21.5. The lowest BCUT2D eigenvalue weighted by atomic mass is 10.1. The van der Waals surface area contributed by atoms with Crippen LogP contribution < -0.4 is 10.1 Å². The second kappa shape index (κ2) is 8.82. The van der Waals surface area contributed by atoms with Crippen molar-refractivity contribution in [2.24, 2.45) is 0 Å². The molecule has 1 rings (SSSR count). The number of ether oxygens (including phenoxy) is 2. The molecule has 0 aliphatic rings. The molecule has 0 saturated carbocycles. The lowest BCUT2D eigenvalue weighted by Gasteiger charge is -2.11. The van der Waals surface area contributed by atoms with Crippen molar-refractivity contribution in [1.29, 1.82) is 0 Å². The van der Waals surface area contributed by atoms with Crippen LogP contribution in [0.25, 0.3) is 0 Å². The quantitative estimate of drug-likeness (QED) is 0.384. The van der Waals surface area contributed by atoms with Crippen LogP contribution in [0, 0.1) is 10.1 Å². The van der Waals surface area contributed by atoms with Crippen LogP contribution >= 0.6 is 0 Å². The number of carboxylic acid groups (broad SMARTS) is 1. The van der Waals surface area contributed by atoms with E-state index in [4.69, 9.17) is 5.11 Å². The van der Waals surface area contributed by atoms with Crippen LogP contribution in [-0.2, 0) is 9.53 Å². The summed E-state index contributed by atoms with van der Waals surface area (Å²) in [7, 11) is 0. The van der Waals surface area contributed by atoms with Crippen LogP contribution in [0.4, 0.5) is 18.9 Å². The van der Waals surface area contributed by atoms with Gasteiger partial charge in [-0.15, -0.1) is 0 Å². The average Bonchev–Trinajstić information content (AvgIpc) is 2.51. The van der Waals surface area contributed by atoms with Gasteiger partial charge in [0.1, 0.15) is 17.9 Å². The fourth-order valence-corrected chi connectivity index (χ4v) is 1.60. The molecule has 2 N–H and O–H groups in total. The highest BCUT2D eigenvalue weighted by Crippen LogP contribution is 2.25. The zero-order valence-electron chi connectivity index (χ0n) is 12.5. The summed E-state index contributed by atoms with van der Waals surface area (Å²) >= 11 is 0. The highest BCUT2D eigenvalue weighted by molar-refractivity contribution is 5.98. The van der Waals surface area contributed by atoms with Gasteiger partial charge in [-0.25, -0.2) is 4.79 Å². The molecule has 0 bridgehead atoms. The molecule has 0 spiro atoms. The summed E-state index contributed by atoms with van der Waals surface area (Å²) in [6.45, 7) is -2.53. The summed E-state index contributed by atoms with van der Waals surface area (Å²) < 4.78 is 45.5. The summed E-state index contributed by atoms with van der Waals surface area (Å²) in [4.78, 5) is 32.2. The molecule has 0 atom stereocenters. The Labute approximate surface area is 138 Å². The topological polar surface area (TPSA) is 128 Å². The summed E-state index contributed by atoms with van der Waals surface area (Å²) in [6, 6.07) is 2.61. The van der Waals surface area contributed by atoms with Gasteiger partial charge in [-0.2, -0.15) is 13.2 Å². The van der Waals surface area contributed by atoms with E-state index in [-0.39, 0.29) is 18.9 Å². The van der Waals surface area contributed by atoms with E-state index in [9.17, 15) is 32.9 Å². The molecule has 25 heavy (non-hydrogen) atoms. The number of nitro benzene ring substituents is 1. The summed E-state index contributed by atoms with van der Waals surface area (Å²) in [5.74, 6) is -2.52. The molecule has 0 heterocycles. The summed E-state index contributed by atoms with van der Waals surface area (Å²) in [5.41, 5.74) is -1.12. The number of nitrogens with one attached hydrogen (secondary N) is 1. The Hall–Kier alpha value is -2.89. The average molecular weight is 366 g/mol. The first-order valence-corrected chi connectivity index (χ1v) is 6.66. The van der Waals surface area contributed by atoms with Gasteiger partial charge in [-0.05, 0) is 12.1 Å². The van der Waals surface area contributed by atoms with Crippen molar-refractivity contribution in [3.63, 3.8) is 0 Å². The Kier molecular flexibility index (Phi) is 7.11. The van der Waals surface area contributed by atoms with Crippen molar-refractivity contribution in [3.8, 4) is 5.75 Å². The van der Waals surface area contributed by atoms with E-state index in [0.717, 1.165) is 18.2 Å². The second-order valence-electron chi connectivity index (χ2n) is 4.54. The first kappa shape index (κ1) is 20.2. The molecule has 1 aromatic rings. The number of nitrogens with zero attached hydrogens (tertiary/aromatic N) is 1. The Morgan fingerprint density at radius 3 is 2.56 bits per heavy atom. The minimum Gasteiger partial charge on any atom is -0.484 e. The molecule has 0 saturated heterocycles. The van der Waals surface area contributed by atoms with Crippen LogP contribution in [0.3, 0.4) is 0 Å². The zero-order chi connectivity index (χ0) is 19.0. The Morgan fingerprint density at radius 2 is 2.00 bits per heavy atom. The Bertz CT molecular complexity index is 649. The number of carboxylic acids is 1. The van der Waals surface area contributed by atoms with Crippen LogP contribution in [0.1, 0.15) is 10.4 Å². The normalized spacial score (nSPS) is 11.0. The molecule has 12 heteroatoms. The van der Waals surface area contributed by atoms with E-state index in [0.29, 0.717) is 0 Å². The molecule has 0 aliphatic carbocycles. The third-order valence-electron chi connectivity index (χ3n) is 2.57. The van der Waals surface area contributed by atoms with Gasteiger partial charge >= 0.3 is 12.1 Å². The molecule has 0 aliphatic heterocycles. The standard InChI is InChI=1S/C13H13F3N2O7/c14-13(15,16)7-25-8-1-2-10(18(22)23)9(5-8)12(21)17-3-4-24-6-11(19)20/h1-2,5H,3-4,6-7H2,(H,17,21)(H,19,20). The molecule has 9 nitrogen and oxygen atoms in total. The molecular weight excluding hydrogens is 353 g/mol. The van der Waals surface area contributed by atoms with Crippen molar-refractivity contribution in [2.45, 2.75) is 6.18 Å². The number of aliphatic carboxylic acids is 1. The smallest absolute Gasteiger partial charge is 0.422 e. The lowest BCUT2D eigenvalue weighted by Crippen LogP contribution is -2.28. The Morgan fingerprint density at radius 1 is 1.32 bits per heavy atom. The predicted octanol–water partition coefficient (Wildman–Crippen LogP) is 1.37. The summed E-state index contributed by atoms with van der Waals surface area (Å²) in [6.07, 6.45) is -4.61. The zero-order valence-corrected chi connectivity index (χ0v) is 12.5. The van der Waals surface area contributed by atoms with Gasteiger partial charge in [0, 0.05) is 12.6 Å². The van der Waals surface area contributed by atoms with E-state index in [1.165, 1.54) is 0 Å². The number of carbonyl (C=O) groups excluding carboxylic acids is 1. The number of benzene rings is 1. The number of hydrogen-bond acceptors (Lipinski definition) is 6. The number of nitro groups is 1. The molecular formula is C13H13F3N2O7. The monoisotopic (exact) mass is 366 g/mol. The molecule has 1 aromatic carbocycles. The maximum absolute atomic E-state index is 12.1. The van der Waals surface area contributed by atoms with Gasteiger partial charge in [0.2, 0.25) is 0 Å². The van der Waals surface area contributed by atoms with Crippen molar-refractivity contribution in [2.75, 3.05) is 26.4 Å². The van der Waals surface area contributed by atoms with Crippen LogP contribution in [0.15, 0.2) is 18.2 Å². The number of rotatable bonds is 9. The fourth-order valence-electron chi connectivity index (χ4n) is 1.60. The highest BCUT2D eigenvalue weighted by Gasteiger charge is 2.29. The maximum Gasteiger partial charge on any atom is 0.422 e.